The first kappa shape index (κ1) is 15.0. The van der Waals surface area contributed by atoms with Crippen molar-refractivity contribution in [1.82, 2.24) is 25.5 Å². The van der Waals surface area contributed by atoms with E-state index in [4.69, 9.17) is 4.74 Å². The standard InChI is InChI=1S/C13H20N6O2/c1-2-3-9-21-13(20)15-7-4-6-14-12-17-10-5-8-16-19-11(10)18-12/h5,8H,2-4,6-7,9H2,1H3,(H,15,20)(H2,14,17,18,19). The van der Waals surface area contributed by atoms with Gasteiger partial charge in [-0.15, -0.1) is 5.10 Å². The Kier molecular flexibility index (Phi) is 5.74. The molecule has 2 rings (SSSR count). The Morgan fingerprint density at radius 1 is 1.38 bits per heavy atom. The summed E-state index contributed by atoms with van der Waals surface area (Å²) in [5, 5.41) is 13.5. The Morgan fingerprint density at radius 2 is 2.29 bits per heavy atom. The van der Waals surface area contributed by atoms with Gasteiger partial charge in [0.25, 0.3) is 0 Å². The quantitative estimate of drug-likeness (QED) is 0.639. The lowest BCUT2D eigenvalue weighted by atomic mass is 10.4. The van der Waals surface area contributed by atoms with Crippen LogP contribution in [0.5, 0.6) is 0 Å². The van der Waals surface area contributed by atoms with E-state index >= 15 is 0 Å². The van der Waals surface area contributed by atoms with Crippen LogP contribution in [0.15, 0.2) is 12.3 Å². The summed E-state index contributed by atoms with van der Waals surface area (Å²) in [6, 6.07) is 1.81. The summed E-state index contributed by atoms with van der Waals surface area (Å²) in [6.45, 7) is 3.76. The van der Waals surface area contributed by atoms with Crippen LogP contribution in [0.3, 0.4) is 0 Å². The summed E-state index contributed by atoms with van der Waals surface area (Å²) in [4.78, 5) is 18.6. The molecule has 0 aliphatic carbocycles. The van der Waals surface area contributed by atoms with Gasteiger partial charge in [-0.25, -0.2) is 4.79 Å². The number of hydrogen-bond donors (Lipinski definition) is 3. The van der Waals surface area contributed by atoms with Crippen molar-refractivity contribution in [3.8, 4) is 0 Å². The molecule has 0 radical (unpaired) electrons. The molecule has 0 aliphatic heterocycles. The highest BCUT2D eigenvalue weighted by Crippen LogP contribution is 2.09. The number of H-pyrrole nitrogens is 1. The lowest BCUT2D eigenvalue weighted by molar-refractivity contribution is 0.144. The molecule has 21 heavy (non-hydrogen) atoms. The molecule has 2 heterocycles. The average Bonchev–Trinajstić information content (AvgIpc) is 2.90. The highest BCUT2D eigenvalue weighted by molar-refractivity contribution is 5.72. The molecule has 3 N–H and O–H groups in total. The number of alkyl carbamates (subject to hydrolysis) is 1. The minimum Gasteiger partial charge on any atom is -0.450 e. The van der Waals surface area contributed by atoms with E-state index in [1.807, 2.05) is 6.07 Å². The predicted molar refractivity (Wildman–Crippen MR) is 79.0 cm³/mol. The van der Waals surface area contributed by atoms with Gasteiger partial charge in [0.2, 0.25) is 11.6 Å². The number of unbranched alkanes of at least 4 members (excludes halogenated alkanes) is 1. The fourth-order valence-corrected chi connectivity index (χ4v) is 1.70. The van der Waals surface area contributed by atoms with E-state index in [0.29, 0.717) is 31.3 Å². The number of ether oxygens (including phenoxy) is 1. The van der Waals surface area contributed by atoms with E-state index in [2.05, 4.69) is 37.7 Å². The van der Waals surface area contributed by atoms with E-state index in [9.17, 15) is 4.79 Å². The Hall–Kier alpha value is -2.38. The molecule has 0 aliphatic rings. The summed E-state index contributed by atoms with van der Waals surface area (Å²) >= 11 is 0. The number of hydrogen-bond acceptors (Lipinski definition) is 6. The molecule has 0 bridgehead atoms. The van der Waals surface area contributed by atoms with E-state index < -0.39 is 0 Å². The Bertz CT molecular complexity index is 538. The Morgan fingerprint density at radius 3 is 3.10 bits per heavy atom. The largest absolute Gasteiger partial charge is 0.450 e. The van der Waals surface area contributed by atoms with Gasteiger partial charge in [0.15, 0.2) is 0 Å². The zero-order chi connectivity index (χ0) is 14.9. The van der Waals surface area contributed by atoms with Crippen LogP contribution in [0, 0.1) is 0 Å². The summed E-state index contributed by atoms with van der Waals surface area (Å²) < 4.78 is 4.98. The average molecular weight is 292 g/mol. The monoisotopic (exact) mass is 292 g/mol. The highest BCUT2D eigenvalue weighted by Gasteiger charge is 2.03. The predicted octanol–water partition coefficient (Wildman–Crippen LogP) is 1.68. The van der Waals surface area contributed by atoms with Gasteiger partial charge in [-0.1, -0.05) is 13.3 Å². The van der Waals surface area contributed by atoms with Crippen molar-refractivity contribution in [2.45, 2.75) is 26.2 Å². The van der Waals surface area contributed by atoms with E-state index in [1.165, 1.54) is 0 Å². The topological polar surface area (TPSA) is 105 Å². The molecular formula is C13H20N6O2. The van der Waals surface area contributed by atoms with Gasteiger partial charge < -0.3 is 20.4 Å². The molecule has 2 aromatic rings. The first-order chi connectivity index (χ1) is 10.3. The van der Waals surface area contributed by atoms with Crippen LogP contribution in [-0.2, 0) is 4.74 Å². The fourth-order valence-electron chi connectivity index (χ4n) is 1.70. The number of amides is 1. The number of imidazole rings is 1. The van der Waals surface area contributed by atoms with Crippen molar-refractivity contribution in [3.63, 3.8) is 0 Å². The first-order valence-electron chi connectivity index (χ1n) is 7.11. The molecule has 0 unspecified atom stereocenters. The lowest BCUT2D eigenvalue weighted by Crippen LogP contribution is -2.26. The second kappa shape index (κ2) is 8.03. The van der Waals surface area contributed by atoms with Gasteiger partial charge in [-0.2, -0.15) is 10.1 Å². The van der Waals surface area contributed by atoms with Crippen molar-refractivity contribution in [3.05, 3.63) is 12.3 Å². The molecule has 2 aromatic heterocycles. The van der Waals surface area contributed by atoms with Gasteiger partial charge in [-0.3, -0.25) is 0 Å². The van der Waals surface area contributed by atoms with Crippen LogP contribution in [0.2, 0.25) is 0 Å². The van der Waals surface area contributed by atoms with Crippen LogP contribution < -0.4 is 10.6 Å². The minimum atomic E-state index is -0.359. The molecular weight excluding hydrogens is 272 g/mol. The normalized spacial score (nSPS) is 10.5. The molecule has 0 saturated carbocycles. The number of rotatable bonds is 8. The highest BCUT2D eigenvalue weighted by atomic mass is 16.5. The number of aromatic nitrogens is 4. The molecule has 0 fully saturated rings. The minimum absolute atomic E-state index is 0.359. The molecule has 0 spiro atoms. The Balaban J connectivity index is 1.60. The van der Waals surface area contributed by atoms with Crippen LogP contribution in [0.4, 0.5) is 10.7 Å². The van der Waals surface area contributed by atoms with Gasteiger partial charge >= 0.3 is 6.09 Å². The molecule has 8 heteroatoms. The molecule has 1 amide bonds. The molecule has 0 atom stereocenters. The number of anilines is 1. The van der Waals surface area contributed by atoms with Gasteiger partial charge in [-0.05, 0) is 18.9 Å². The van der Waals surface area contributed by atoms with Crippen molar-refractivity contribution in [2.75, 3.05) is 25.0 Å². The van der Waals surface area contributed by atoms with Crippen molar-refractivity contribution in [1.29, 1.82) is 0 Å². The maximum atomic E-state index is 11.3. The number of aromatic amines is 1. The summed E-state index contributed by atoms with van der Waals surface area (Å²) in [5.41, 5.74) is 1.42. The number of carbonyl (C=O) groups is 1. The Labute approximate surface area is 122 Å². The number of nitrogens with zero attached hydrogens (tertiary/aromatic N) is 3. The lowest BCUT2D eigenvalue weighted by Gasteiger charge is -2.06. The molecule has 8 nitrogen and oxygen atoms in total. The second-order valence-corrected chi connectivity index (χ2v) is 4.55. The second-order valence-electron chi connectivity index (χ2n) is 4.55. The van der Waals surface area contributed by atoms with E-state index in [0.717, 1.165) is 24.8 Å². The molecule has 0 aromatic carbocycles. The maximum absolute atomic E-state index is 11.3. The van der Waals surface area contributed by atoms with Crippen molar-refractivity contribution in [2.24, 2.45) is 0 Å². The maximum Gasteiger partial charge on any atom is 0.407 e. The van der Waals surface area contributed by atoms with Gasteiger partial charge in [0, 0.05) is 13.1 Å². The first-order valence-corrected chi connectivity index (χ1v) is 7.11. The van der Waals surface area contributed by atoms with Crippen LogP contribution in [0.1, 0.15) is 26.2 Å². The van der Waals surface area contributed by atoms with E-state index in [-0.39, 0.29) is 6.09 Å². The number of carbonyl (C=O) groups excluding carboxylic acids is 1. The zero-order valence-corrected chi connectivity index (χ0v) is 12.1. The number of fused-ring (bicyclic) bond motifs is 1. The van der Waals surface area contributed by atoms with Crippen LogP contribution >= 0.6 is 0 Å². The third-order valence-electron chi connectivity index (χ3n) is 2.82. The van der Waals surface area contributed by atoms with Crippen molar-refractivity contribution < 1.29 is 9.53 Å². The summed E-state index contributed by atoms with van der Waals surface area (Å²) in [5.74, 6) is 0.649. The molecule has 0 saturated heterocycles. The summed E-state index contributed by atoms with van der Waals surface area (Å²) in [7, 11) is 0. The zero-order valence-electron chi connectivity index (χ0n) is 12.1. The number of nitrogens with one attached hydrogen (secondary N) is 3. The molecule has 114 valence electrons. The third kappa shape index (κ3) is 4.90. The third-order valence-corrected chi connectivity index (χ3v) is 2.82. The van der Waals surface area contributed by atoms with Crippen molar-refractivity contribution >= 4 is 23.2 Å². The SMILES string of the molecule is CCCCOC(=O)NCCCNc1nc2nnccc2[nH]1. The van der Waals surface area contributed by atoms with Gasteiger partial charge in [0.05, 0.1) is 18.3 Å². The van der Waals surface area contributed by atoms with Gasteiger partial charge in [0.1, 0.15) is 0 Å². The fraction of sp³-hybridized carbons (Fsp3) is 0.538. The smallest absolute Gasteiger partial charge is 0.407 e. The van der Waals surface area contributed by atoms with Crippen LogP contribution in [-0.4, -0.2) is 46.0 Å². The van der Waals surface area contributed by atoms with Crippen LogP contribution in [0.25, 0.3) is 11.2 Å². The summed E-state index contributed by atoms with van der Waals surface area (Å²) in [6.07, 6.45) is 3.93. The van der Waals surface area contributed by atoms with E-state index in [1.54, 1.807) is 6.20 Å².